The third-order valence-electron chi connectivity index (χ3n) is 4.30. The maximum atomic E-state index is 12.1. The molecule has 1 saturated heterocycles. The van der Waals surface area contributed by atoms with E-state index in [2.05, 4.69) is 15.2 Å². The number of urea groups is 1. The van der Waals surface area contributed by atoms with Crippen molar-refractivity contribution < 1.29 is 18.7 Å². The number of esters is 1. The monoisotopic (exact) mass is 360 g/mol. The zero-order valence-electron chi connectivity index (χ0n) is 15.2. The molecule has 0 spiro atoms. The number of nitrogens with one attached hydrogen (secondary N) is 1. The first-order valence-electron chi connectivity index (χ1n) is 8.82. The summed E-state index contributed by atoms with van der Waals surface area (Å²) in [5.41, 5.74) is 2.81. The van der Waals surface area contributed by atoms with Crippen molar-refractivity contribution in [2.45, 2.75) is 20.4 Å². The van der Waals surface area contributed by atoms with E-state index in [-0.39, 0.29) is 12.6 Å². The molecule has 2 aromatic rings. The van der Waals surface area contributed by atoms with Crippen LogP contribution in [0.5, 0.6) is 0 Å². The Morgan fingerprint density at radius 3 is 2.77 bits per heavy atom. The maximum Gasteiger partial charge on any atom is 0.325 e. The highest BCUT2D eigenvalue weighted by molar-refractivity contribution is 5.80. The molecule has 1 N–H and O–H groups in total. The van der Waals surface area contributed by atoms with Crippen LogP contribution in [-0.2, 0) is 16.1 Å². The topological polar surface area (TPSA) is 87.9 Å². The van der Waals surface area contributed by atoms with E-state index < -0.39 is 5.97 Å². The normalized spacial score (nSPS) is 15.2. The molecule has 0 aliphatic carbocycles. The van der Waals surface area contributed by atoms with Crippen molar-refractivity contribution >= 4 is 23.1 Å². The first kappa shape index (κ1) is 18.2. The minimum Gasteiger partial charge on any atom is -0.465 e. The fourth-order valence-electron chi connectivity index (χ4n) is 2.92. The summed E-state index contributed by atoms with van der Waals surface area (Å²) >= 11 is 0. The first-order chi connectivity index (χ1) is 12.5. The van der Waals surface area contributed by atoms with Gasteiger partial charge in [0.1, 0.15) is 12.1 Å². The molecule has 3 rings (SSSR count). The number of amides is 2. The molecule has 140 valence electrons. The Bertz CT molecular complexity index is 781. The highest BCUT2D eigenvalue weighted by atomic mass is 16.5. The lowest BCUT2D eigenvalue weighted by atomic mass is 10.2. The Kier molecular flexibility index (Phi) is 5.72. The number of aromatic nitrogens is 1. The standard InChI is InChI=1S/C18H24N4O4/c1-3-25-17(23)11-19-18(24)22-8-6-21(7-9-22)12-16-20-14-5-4-13(2)10-15(14)26-16/h4-5,10H,3,6-9,11-12H2,1-2H3,(H,19,24). The smallest absolute Gasteiger partial charge is 0.325 e. The van der Waals surface area contributed by atoms with Gasteiger partial charge in [0.15, 0.2) is 5.58 Å². The lowest BCUT2D eigenvalue weighted by molar-refractivity contribution is -0.141. The Morgan fingerprint density at radius 2 is 2.04 bits per heavy atom. The van der Waals surface area contributed by atoms with Crippen molar-refractivity contribution in [1.29, 1.82) is 0 Å². The summed E-state index contributed by atoms with van der Waals surface area (Å²) in [7, 11) is 0. The molecule has 0 bridgehead atoms. The summed E-state index contributed by atoms with van der Waals surface area (Å²) in [6.45, 7) is 7.21. The Hall–Kier alpha value is -2.61. The van der Waals surface area contributed by atoms with E-state index in [0.29, 0.717) is 32.1 Å². The van der Waals surface area contributed by atoms with Gasteiger partial charge >= 0.3 is 12.0 Å². The van der Waals surface area contributed by atoms with Crippen LogP contribution in [0.2, 0.25) is 0 Å². The van der Waals surface area contributed by atoms with E-state index in [1.807, 2.05) is 25.1 Å². The number of carbonyl (C=O) groups excluding carboxylic acids is 2. The fourth-order valence-corrected chi connectivity index (χ4v) is 2.92. The van der Waals surface area contributed by atoms with Crippen LogP contribution in [0.15, 0.2) is 22.6 Å². The van der Waals surface area contributed by atoms with Crippen LogP contribution < -0.4 is 5.32 Å². The van der Waals surface area contributed by atoms with Gasteiger partial charge in [-0.05, 0) is 31.5 Å². The van der Waals surface area contributed by atoms with Gasteiger partial charge in [0.2, 0.25) is 5.89 Å². The second kappa shape index (κ2) is 8.18. The molecule has 8 nitrogen and oxygen atoms in total. The first-order valence-corrected chi connectivity index (χ1v) is 8.82. The van der Waals surface area contributed by atoms with E-state index in [1.165, 1.54) is 0 Å². The lowest BCUT2D eigenvalue weighted by Crippen LogP contribution is -2.52. The number of benzene rings is 1. The number of oxazole rings is 1. The Morgan fingerprint density at radius 1 is 1.27 bits per heavy atom. The van der Waals surface area contributed by atoms with Crippen LogP contribution in [0.1, 0.15) is 18.4 Å². The summed E-state index contributed by atoms with van der Waals surface area (Å²) in [4.78, 5) is 31.8. The average molecular weight is 360 g/mol. The summed E-state index contributed by atoms with van der Waals surface area (Å²) in [5, 5.41) is 2.59. The molecule has 1 aliphatic rings. The van der Waals surface area contributed by atoms with Gasteiger partial charge in [-0.25, -0.2) is 9.78 Å². The van der Waals surface area contributed by atoms with Crippen molar-refractivity contribution in [2.75, 3.05) is 39.3 Å². The van der Waals surface area contributed by atoms with Gasteiger partial charge in [-0.3, -0.25) is 9.69 Å². The minimum atomic E-state index is -0.425. The molecule has 1 aromatic carbocycles. The second-order valence-electron chi connectivity index (χ2n) is 6.31. The van der Waals surface area contributed by atoms with Gasteiger partial charge in [0.25, 0.3) is 0 Å². The number of fused-ring (bicyclic) bond motifs is 1. The largest absolute Gasteiger partial charge is 0.465 e. The predicted molar refractivity (Wildman–Crippen MR) is 95.6 cm³/mol. The summed E-state index contributed by atoms with van der Waals surface area (Å²) < 4.78 is 10.6. The number of carbonyl (C=O) groups is 2. The van der Waals surface area contributed by atoms with E-state index >= 15 is 0 Å². The Labute approximate surface area is 152 Å². The quantitative estimate of drug-likeness (QED) is 0.814. The molecule has 26 heavy (non-hydrogen) atoms. The number of aryl methyl sites for hydroxylation is 1. The summed E-state index contributed by atoms with van der Waals surface area (Å²) in [5.74, 6) is 0.261. The molecule has 0 atom stereocenters. The maximum absolute atomic E-state index is 12.1. The number of rotatable bonds is 5. The SMILES string of the molecule is CCOC(=O)CNC(=O)N1CCN(Cc2nc3ccc(C)cc3o2)CC1. The summed E-state index contributed by atoms with van der Waals surface area (Å²) in [6, 6.07) is 5.72. The van der Waals surface area contributed by atoms with Gasteiger partial charge in [-0.2, -0.15) is 0 Å². The van der Waals surface area contributed by atoms with Gasteiger partial charge in [0.05, 0.1) is 13.2 Å². The van der Waals surface area contributed by atoms with Gasteiger partial charge < -0.3 is 19.4 Å². The van der Waals surface area contributed by atoms with Crippen molar-refractivity contribution in [3.63, 3.8) is 0 Å². The molecule has 1 aromatic heterocycles. The number of hydrogen-bond donors (Lipinski definition) is 1. The minimum absolute atomic E-state index is 0.102. The predicted octanol–water partition coefficient (Wildman–Crippen LogP) is 1.53. The van der Waals surface area contributed by atoms with Crippen LogP contribution in [0.4, 0.5) is 4.79 Å². The summed E-state index contributed by atoms with van der Waals surface area (Å²) in [6.07, 6.45) is 0. The molecule has 2 amide bonds. The Balaban J connectivity index is 1.47. The van der Waals surface area contributed by atoms with E-state index in [9.17, 15) is 9.59 Å². The molecular weight excluding hydrogens is 336 g/mol. The van der Waals surface area contributed by atoms with E-state index in [1.54, 1.807) is 11.8 Å². The fraction of sp³-hybridized carbons (Fsp3) is 0.500. The molecule has 0 saturated carbocycles. The van der Waals surface area contributed by atoms with Crippen molar-refractivity contribution in [1.82, 2.24) is 20.1 Å². The number of piperazine rings is 1. The average Bonchev–Trinajstić information content (AvgIpc) is 3.02. The van der Waals surface area contributed by atoms with Gasteiger partial charge in [0, 0.05) is 26.2 Å². The van der Waals surface area contributed by atoms with Crippen LogP contribution in [0.25, 0.3) is 11.1 Å². The number of ether oxygens (including phenoxy) is 1. The molecule has 2 heterocycles. The van der Waals surface area contributed by atoms with Crippen LogP contribution in [0, 0.1) is 6.92 Å². The molecule has 0 radical (unpaired) electrons. The molecule has 1 fully saturated rings. The van der Waals surface area contributed by atoms with E-state index in [0.717, 1.165) is 29.8 Å². The van der Waals surface area contributed by atoms with Crippen LogP contribution in [-0.4, -0.2) is 66.1 Å². The molecule has 8 heteroatoms. The van der Waals surface area contributed by atoms with Gasteiger partial charge in [-0.15, -0.1) is 0 Å². The van der Waals surface area contributed by atoms with Crippen LogP contribution in [0.3, 0.4) is 0 Å². The number of nitrogens with zero attached hydrogens (tertiary/aromatic N) is 3. The molecular formula is C18H24N4O4. The highest BCUT2D eigenvalue weighted by Crippen LogP contribution is 2.18. The number of hydrogen-bond acceptors (Lipinski definition) is 6. The third-order valence-corrected chi connectivity index (χ3v) is 4.30. The van der Waals surface area contributed by atoms with Crippen LogP contribution >= 0.6 is 0 Å². The molecule has 0 unspecified atom stereocenters. The van der Waals surface area contributed by atoms with Crippen molar-refractivity contribution in [3.05, 3.63) is 29.7 Å². The van der Waals surface area contributed by atoms with Gasteiger partial charge in [-0.1, -0.05) is 6.07 Å². The zero-order chi connectivity index (χ0) is 18.5. The third kappa shape index (κ3) is 4.51. The second-order valence-corrected chi connectivity index (χ2v) is 6.31. The van der Waals surface area contributed by atoms with E-state index in [4.69, 9.17) is 9.15 Å². The van der Waals surface area contributed by atoms with Crippen molar-refractivity contribution in [3.8, 4) is 0 Å². The zero-order valence-corrected chi connectivity index (χ0v) is 15.2. The lowest BCUT2D eigenvalue weighted by Gasteiger charge is -2.33. The highest BCUT2D eigenvalue weighted by Gasteiger charge is 2.22. The molecule has 1 aliphatic heterocycles. The van der Waals surface area contributed by atoms with Crippen molar-refractivity contribution in [2.24, 2.45) is 0 Å².